The monoisotopic (exact) mass is 604 g/mol. The van der Waals surface area contributed by atoms with Crippen molar-refractivity contribution in [1.29, 1.82) is 0 Å². The Morgan fingerprint density at radius 3 is 1.32 bits per heavy atom. The smallest absolute Gasteiger partial charge is 0.261 e. The SMILES string of the molecule is CN1C(=O)C2=C(c3ccc(-c4cc[c-]o4)o3)N(C)C(=O)C2=C1c1ccc(-c2cc[c-]o2)o1.[Y].[Y]. The summed E-state index contributed by atoms with van der Waals surface area (Å²) in [5.74, 6) is 2.05. The van der Waals surface area contributed by atoms with Crippen LogP contribution in [0, 0.1) is 12.5 Å². The normalized spacial score (nSPS) is 15.2. The van der Waals surface area contributed by atoms with E-state index in [9.17, 15) is 9.59 Å². The minimum absolute atomic E-state index is 0. The molecule has 0 atom stereocenters. The Morgan fingerprint density at radius 2 is 0.971 bits per heavy atom. The van der Waals surface area contributed by atoms with Crippen LogP contribution in [0.25, 0.3) is 34.4 Å². The minimum Gasteiger partial charge on any atom is -0.588 e. The quantitative estimate of drug-likeness (QED) is 0.327. The molecule has 10 heteroatoms. The van der Waals surface area contributed by atoms with Crippen molar-refractivity contribution in [2.45, 2.75) is 0 Å². The first-order valence-electron chi connectivity index (χ1n) is 9.72. The molecule has 0 aliphatic carbocycles. The Kier molecular flexibility index (Phi) is 6.89. The summed E-state index contributed by atoms with van der Waals surface area (Å²) >= 11 is 0. The zero-order chi connectivity index (χ0) is 22.0. The van der Waals surface area contributed by atoms with Gasteiger partial charge in [-0.05, 0) is 36.8 Å². The number of hydrogen-bond acceptors (Lipinski definition) is 6. The van der Waals surface area contributed by atoms with Crippen LogP contribution in [-0.4, -0.2) is 35.7 Å². The van der Waals surface area contributed by atoms with Crippen molar-refractivity contribution in [2.75, 3.05) is 14.1 Å². The predicted octanol–water partition coefficient (Wildman–Crippen LogP) is 4.05. The van der Waals surface area contributed by atoms with Crippen molar-refractivity contribution in [3.05, 3.63) is 83.7 Å². The van der Waals surface area contributed by atoms with Gasteiger partial charge in [-0.2, -0.15) is 12.1 Å². The van der Waals surface area contributed by atoms with Crippen LogP contribution in [0.4, 0.5) is 0 Å². The maximum atomic E-state index is 13.2. The van der Waals surface area contributed by atoms with E-state index in [-0.39, 0.29) is 88.4 Å². The Hall–Kier alpha value is -2.25. The third kappa shape index (κ3) is 3.68. The molecule has 0 unspecified atom stereocenters. The summed E-state index contributed by atoms with van der Waals surface area (Å²) in [7, 11) is 3.21. The number of fused-ring (bicyclic) bond motifs is 1. The number of likely N-dealkylation sites (N-methyl/N-ethyl adjacent to an activating group) is 2. The fourth-order valence-corrected chi connectivity index (χ4v) is 4.05. The molecule has 2 aliphatic heterocycles. The van der Waals surface area contributed by atoms with Crippen molar-refractivity contribution in [3.63, 3.8) is 0 Å². The van der Waals surface area contributed by atoms with E-state index in [4.69, 9.17) is 17.7 Å². The molecule has 0 spiro atoms. The molecule has 0 bridgehead atoms. The second-order valence-corrected chi connectivity index (χ2v) is 7.34. The van der Waals surface area contributed by atoms with Gasteiger partial charge >= 0.3 is 0 Å². The maximum absolute atomic E-state index is 13.2. The van der Waals surface area contributed by atoms with Gasteiger partial charge in [0, 0.05) is 91.0 Å². The molecule has 2 radical (unpaired) electrons. The Bertz CT molecular complexity index is 1330. The van der Waals surface area contributed by atoms with Crippen molar-refractivity contribution in [2.24, 2.45) is 0 Å². The molecule has 2 aliphatic rings. The number of carbonyl (C=O) groups excluding carboxylic acids is 2. The molecule has 0 N–H and O–H groups in total. The van der Waals surface area contributed by atoms with Crippen LogP contribution < -0.4 is 0 Å². The van der Waals surface area contributed by atoms with Crippen LogP contribution in [0.1, 0.15) is 11.5 Å². The third-order valence-corrected chi connectivity index (χ3v) is 5.54. The number of furan rings is 4. The van der Waals surface area contributed by atoms with E-state index in [2.05, 4.69) is 12.5 Å². The Morgan fingerprint density at radius 1 is 0.588 bits per heavy atom. The van der Waals surface area contributed by atoms with E-state index in [1.165, 1.54) is 9.80 Å². The van der Waals surface area contributed by atoms with Gasteiger partial charge < -0.3 is 27.5 Å². The zero-order valence-electron chi connectivity index (χ0n) is 18.1. The number of hydrogen-bond donors (Lipinski definition) is 0. The maximum Gasteiger partial charge on any atom is 0.261 e. The molecule has 6 rings (SSSR count). The van der Waals surface area contributed by atoms with Gasteiger partial charge in [0.2, 0.25) is 0 Å². The first kappa shape index (κ1) is 24.9. The number of carbonyl (C=O) groups is 2. The van der Waals surface area contributed by atoms with Gasteiger partial charge in [0.25, 0.3) is 11.8 Å². The summed E-state index contributed by atoms with van der Waals surface area (Å²) in [5.41, 5.74) is 1.33. The molecule has 0 saturated heterocycles. The third-order valence-electron chi connectivity index (χ3n) is 5.54. The minimum atomic E-state index is -0.323. The molecule has 0 aromatic carbocycles. The summed E-state index contributed by atoms with van der Waals surface area (Å²) in [5, 5.41) is 0. The van der Waals surface area contributed by atoms with Gasteiger partial charge in [0.1, 0.15) is 22.9 Å². The van der Waals surface area contributed by atoms with Crippen molar-refractivity contribution >= 4 is 23.2 Å². The largest absolute Gasteiger partial charge is 0.588 e. The summed E-state index contributed by atoms with van der Waals surface area (Å²) in [6, 6.07) is 13.5. The van der Waals surface area contributed by atoms with E-state index in [1.807, 2.05) is 0 Å². The standard InChI is InChI=1S/C24H14N2O6.2Y/c1-25-21(17-9-7-15(31-17)13-5-3-11-29-13)19-20(23(25)27)22(26(2)24(19)28)18-10-8-16(32-18)14-6-4-12-30-14;;/h3-10H,1-2H3;;/q-2;;. The molecule has 4 aromatic rings. The van der Waals surface area contributed by atoms with Crippen LogP contribution in [0.2, 0.25) is 0 Å². The Labute approximate surface area is 244 Å². The van der Waals surface area contributed by atoms with Crippen LogP contribution in [0.5, 0.6) is 0 Å². The van der Waals surface area contributed by atoms with Gasteiger partial charge in [-0.1, -0.05) is 0 Å². The van der Waals surface area contributed by atoms with E-state index < -0.39 is 0 Å². The van der Waals surface area contributed by atoms with E-state index in [0.717, 1.165) is 0 Å². The van der Waals surface area contributed by atoms with Gasteiger partial charge in [0.15, 0.2) is 11.5 Å². The number of rotatable bonds is 4. The van der Waals surface area contributed by atoms with Gasteiger partial charge in [-0.3, -0.25) is 9.59 Å². The summed E-state index contributed by atoms with van der Waals surface area (Å²) < 4.78 is 22.3. The van der Waals surface area contributed by atoms with Crippen LogP contribution >= 0.6 is 0 Å². The van der Waals surface area contributed by atoms with Crippen molar-refractivity contribution in [3.8, 4) is 23.0 Å². The molecule has 0 saturated carbocycles. The Balaban J connectivity index is 0.00000137. The first-order valence-corrected chi connectivity index (χ1v) is 9.72. The second kappa shape index (κ2) is 9.42. The number of nitrogens with zero attached hydrogens (tertiary/aromatic N) is 2. The van der Waals surface area contributed by atoms with E-state index in [1.54, 1.807) is 62.6 Å². The predicted molar refractivity (Wildman–Crippen MR) is 110 cm³/mol. The molecule has 6 heterocycles. The summed E-state index contributed by atoms with van der Waals surface area (Å²) in [6.45, 7) is 0. The van der Waals surface area contributed by atoms with Gasteiger partial charge in [-0.15, -0.1) is 12.1 Å². The van der Waals surface area contributed by atoms with E-state index >= 15 is 0 Å². The van der Waals surface area contributed by atoms with Crippen LogP contribution in [0.15, 0.2) is 77.3 Å². The van der Waals surface area contributed by atoms with Gasteiger partial charge in [-0.25, -0.2) is 0 Å². The summed E-state index contributed by atoms with van der Waals surface area (Å²) in [4.78, 5) is 29.3. The molecular formula is C24H14N2O6Y2-2. The van der Waals surface area contributed by atoms with Crippen LogP contribution in [-0.2, 0) is 75.0 Å². The van der Waals surface area contributed by atoms with Crippen molar-refractivity contribution < 1.29 is 92.7 Å². The fourth-order valence-electron chi connectivity index (χ4n) is 4.05. The second-order valence-electron chi connectivity index (χ2n) is 7.34. The zero-order valence-corrected chi connectivity index (χ0v) is 23.8. The van der Waals surface area contributed by atoms with E-state index in [0.29, 0.717) is 46.0 Å². The average molecular weight is 604 g/mol. The number of amides is 2. The first-order chi connectivity index (χ1) is 15.5. The fraction of sp³-hybridized carbons (Fsp3) is 0.0833. The molecule has 0 fully saturated rings. The molecule has 8 nitrogen and oxygen atoms in total. The molecule has 34 heavy (non-hydrogen) atoms. The van der Waals surface area contributed by atoms with Crippen molar-refractivity contribution in [1.82, 2.24) is 9.80 Å². The summed E-state index contributed by atoms with van der Waals surface area (Å²) in [6.07, 6.45) is 5.22. The molecular weight excluding hydrogens is 590 g/mol. The topological polar surface area (TPSA) is 93.2 Å². The van der Waals surface area contributed by atoms with Gasteiger partial charge in [0.05, 0.1) is 11.1 Å². The van der Waals surface area contributed by atoms with Crippen LogP contribution in [0.3, 0.4) is 0 Å². The molecule has 164 valence electrons. The molecule has 4 aromatic heterocycles. The average Bonchev–Trinajstić information content (AvgIpc) is 3.59. The molecule has 2 amide bonds.